The first-order valence-corrected chi connectivity index (χ1v) is 13.5. The van der Waals surface area contributed by atoms with Crippen molar-refractivity contribution >= 4 is 20.2 Å². The van der Waals surface area contributed by atoms with Gasteiger partial charge in [0.15, 0.2) is 6.29 Å². The van der Waals surface area contributed by atoms with Crippen molar-refractivity contribution in [2.75, 3.05) is 0 Å². The molecule has 2 rings (SSSR count). The molecule has 0 heterocycles. The predicted molar refractivity (Wildman–Crippen MR) is 121 cm³/mol. The molecule has 0 saturated heterocycles. The van der Waals surface area contributed by atoms with Crippen LogP contribution in [0.5, 0.6) is 0 Å². The highest BCUT2D eigenvalue weighted by molar-refractivity contribution is 7.87. The van der Waals surface area contributed by atoms with E-state index in [1.807, 2.05) is 13.8 Å². The van der Waals surface area contributed by atoms with Crippen LogP contribution >= 0.6 is 0 Å². The van der Waals surface area contributed by atoms with E-state index >= 15 is 0 Å². The van der Waals surface area contributed by atoms with Crippen LogP contribution in [-0.2, 0) is 28.6 Å². The van der Waals surface area contributed by atoms with Gasteiger partial charge in [-0.2, -0.15) is 16.8 Å². The quantitative estimate of drug-likeness (QED) is 0.219. The monoisotopic (exact) mass is 468 g/mol. The fraction of sp³-hybridized carbons (Fsp3) is 0.478. The van der Waals surface area contributed by atoms with Crippen LogP contribution in [0, 0.1) is 13.8 Å². The highest BCUT2D eigenvalue weighted by Gasteiger charge is 2.28. The van der Waals surface area contributed by atoms with Crippen molar-refractivity contribution in [2.24, 2.45) is 0 Å². The van der Waals surface area contributed by atoms with Gasteiger partial charge in [-0.15, -0.1) is 0 Å². The molecule has 8 heteroatoms. The van der Waals surface area contributed by atoms with E-state index in [2.05, 4.69) is 6.92 Å². The predicted octanol–water partition coefficient (Wildman–Crippen LogP) is 5.49. The van der Waals surface area contributed by atoms with Gasteiger partial charge in [-0.1, -0.05) is 74.4 Å². The summed E-state index contributed by atoms with van der Waals surface area (Å²) >= 11 is 0. The summed E-state index contributed by atoms with van der Waals surface area (Å²) < 4.78 is 61.3. The SMILES string of the molecule is CCCCCCCCC(OS(=O)(=O)c1ccc(C)cc1)OS(=O)(=O)c1ccc(C)cc1. The van der Waals surface area contributed by atoms with Gasteiger partial charge in [-0.05, 0) is 44.5 Å². The van der Waals surface area contributed by atoms with Crippen molar-refractivity contribution in [2.45, 2.75) is 81.8 Å². The Balaban J connectivity index is 2.15. The molecule has 0 N–H and O–H groups in total. The maximum absolute atomic E-state index is 12.7. The third-order valence-corrected chi connectivity index (χ3v) is 7.52. The molecule has 172 valence electrons. The minimum Gasteiger partial charge on any atom is -0.233 e. The van der Waals surface area contributed by atoms with Crippen molar-refractivity contribution < 1.29 is 25.2 Å². The van der Waals surface area contributed by atoms with E-state index in [1.165, 1.54) is 24.3 Å². The molecular weight excluding hydrogens is 436 g/mol. The van der Waals surface area contributed by atoms with E-state index in [9.17, 15) is 16.8 Å². The van der Waals surface area contributed by atoms with Crippen LogP contribution in [0.25, 0.3) is 0 Å². The van der Waals surface area contributed by atoms with Crippen molar-refractivity contribution in [1.82, 2.24) is 0 Å². The average Bonchev–Trinajstić information content (AvgIpc) is 2.70. The lowest BCUT2D eigenvalue weighted by Crippen LogP contribution is -2.25. The molecule has 0 aliphatic rings. The number of aryl methyl sites for hydroxylation is 2. The van der Waals surface area contributed by atoms with Crippen LogP contribution in [0.2, 0.25) is 0 Å². The van der Waals surface area contributed by atoms with Crippen LogP contribution < -0.4 is 0 Å². The molecule has 0 spiro atoms. The molecule has 0 radical (unpaired) electrons. The van der Waals surface area contributed by atoms with E-state index < -0.39 is 26.5 Å². The topological polar surface area (TPSA) is 86.7 Å². The summed E-state index contributed by atoms with van der Waals surface area (Å²) in [6, 6.07) is 12.3. The lowest BCUT2D eigenvalue weighted by Gasteiger charge is -2.18. The first kappa shape index (κ1) is 25.5. The Hall–Kier alpha value is -1.74. The molecule has 0 unspecified atom stereocenters. The lowest BCUT2D eigenvalue weighted by atomic mass is 10.1. The molecule has 0 aliphatic carbocycles. The molecule has 2 aromatic rings. The molecule has 2 aromatic carbocycles. The van der Waals surface area contributed by atoms with Crippen molar-refractivity contribution in [3.63, 3.8) is 0 Å². The average molecular weight is 469 g/mol. The standard InChI is InChI=1S/C23H32O6S2/c1-4-5-6-7-8-9-10-23(28-30(24,25)21-15-11-19(2)12-16-21)29-31(26,27)22-17-13-20(3)14-18-22/h11-18,23H,4-10H2,1-3H3. The van der Waals surface area contributed by atoms with Gasteiger partial charge in [0.1, 0.15) is 0 Å². The van der Waals surface area contributed by atoms with E-state index in [4.69, 9.17) is 8.37 Å². The van der Waals surface area contributed by atoms with Gasteiger partial charge in [0.25, 0.3) is 20.2 Å². The Morgan fingerprint density at radius 1 is 0.645 bits per heavy atom. The van der Waals surface area contributed by atoms with Gasteiger partial charge < -0.3 is 0 Å². The zero-order valence-electron chi connectivity index (χ0n) is 18.4. The summed E-state index contributed by atoms with van der Waals surface area (Å²) in [4.78, 5) is -0.0789. The van der Waals surface area contributed by atoms with Gasteiger partial charge >= 0.3 is 0 Å². The molecule has 0 fully saturated rings. The summed E-state index contributed by atoms with van der Waals surface area (Å²) in [6.07, 6.45) is 4.52. The summed E-state index contributed by atoms with van der Waals surface area (Å²) in [5.74, 6) is 0. The van der Waals surface area contributed by atoms with E-state index in [0.29, 0.717) is 6.42 Å². The minimum atomic E-state index is -4.18. The van der Waals surface area contributed by atoms with E-state index in [0.717, 1.165) is 43.2 Å². The molecule has 0 aromatic heterocycles. The number of rotatable bonds is 13. The Kier molecular flexibility index (Phi) is 9.68. The van der Waals surface area contributed by atoms with Gasteiger partial charge in [0.2, 0.25) is 0 Å². The highest BCUT2D eigenvalue weighted by Crippen LogP contribution is 2.23. The fourth-order valence-electron chi connectivity index (χ4n) is 3.01. The van der Waals surface area contributed by atoms with Gasteiger partial charge in [0.05, 0.1) is 9.79 Å². The summed E-state index contributed by atoms with van der Waals surface area (Å²) in [6.45, 7) is 5.81. The smallest absolute Gasteiger partial charge is 0.233 e. The second-order valence-electron chi connectivity index (χ2n) is 7.71. The van der Waals surface area contributed by atoms with Gasteiger partial charge in [-0.3, -0.25) is 0 Å². The van der Waals surface area contributed by atoms with Crippen LogP contribution in [0.1, 0.15) is 63.0 Å². The zero-order chi connectivity index (χ0) is 22.9. The normalized spacial score (nSPS) is 12.4. The van der Waals surface area contributed by atoms with Crippen LogP contribution in [0.15, 0.2) is 58.3 Å². The maximum atomic E-state index is 12.7. The van der Waals surface area contributed by atoms with Gasteiger partial charge in [-0.25, -0.2) is 8.37 Å². The molecule has 0 aliphatic heterocycles. The van der Waals surface area contributed by atoms with Crippen LogP contribution in [0.4, 0.5) is 0 Å². The van der Waals surface area contributed by atoms with E-state index in [-0.39, 0.29) is 16.2 Å². The highest BCUT2D eigenvalue weighted by atomic mass is 32.2. The van der Waals surface area contributed by atoms with E-state index in [1.54, 1.807) is 24.3 Å². The molecule has 0 atom stereocenters. The molecule has 0 bridgehead atoms. The second-order valence-corrected chi connectivity index (χ2v) is 10.9. The number of unbranched alkanes of at least 4 members (excludes halogenated alkanes) is 5. The fourth-order valence-corrected chi connectivity index (χ4v) is 5.05. The largest absolute Gasteiger partial charge is 0.299 e. The molecule has 31 heavy (non-hydrogen) atoms. The Labute approximate surface area is 186 Å². The van der Waals surface area contributed by atoms with Crippen LogP contribution in [-0.4, -0.2) is 23.1 Å². The zero-order valence-corrected chi connectivity index (χ0v) is 20.0. The van der Waals surface area contributed by atoms with Crippen molar-refractivity contribution in [3.8, 4) is 0 Å². The second kappa shape index (κ2) is 11.8. The Morgan fingerprint density at radius 3 is 1.45 bits per heavy atom. The summed E-state index contributed by atoms with van der Waals surface area (Å²) in [7, 11) is -8.36. The molecular formula is C23H32O6S2. The maximum Gasteiger partial charge on any atom is 0.299 e. The number of hydrogen-bond acceptors (Lipinski definition) is 6. The molecule has 0 saturated carbocycles. The number of hydrogen-bond donors (Lipinski definition) is 0. The Morgan fingerprint density at radius 2 is 1.03 bits per heavy atom. The molecule has 0 amide bonds. The minimum absolute atomic E-state index is 0.0395. The first-order chi connectivity index (χ1) is 14.6. The van der Waals surface area contributed by atoms with Crippen LogP contribution in [0.3, 0.4) is 0 Å². The third-order valence-electron chi connectivity index (χ3n) is 4.88. The third kappa shape index (κ3) is 8.37. The number of benzene rings is 2. The summed E-state index contributed by atoms with van der Waals surface area (Å²) in [5, 5.41) is 0. The summed E-state index contributed by atoms with van der Waals surface area (Å²) in [5.41, 5.74) is 1.81. The Bertz CT molecular complexity index is 933. The first-order valence-electron chi connectivity index (χ1n) is 10.6. The lowest BCUT2D eigenvalue weighted by molar-refractivity contribution is 0.00874. The van der Waals surface area contributed by atoms with Gasteiger partial charge in [0, 0.05) is 6.42 Å². The van der Waals surface area contributed by atoms with Crippen molar-refractivity contribution in [3.05, 3.63) is 59.7 Å². The van der Waals surface area contributed by atoms with Crippen molar-refractivity contribution in [1.29, 1.82) is 0 Å². The molecule has 6 nitrogen and oxygen atoms in total.